The van der Waals surface area contributed by atoms with Crippen LogP contribution < -0.4 is 5.32 Å². The zero-order valence-corrected chi connectivity index (χ0v) is 13.6. The summed E-state index contributed by atoms with van der Waals surface area (Å²) in [5, 5.41) is 11.2. The molecule has 0 unspecified atom stereocenters. The molecule has 2 aliphatic carbocycles. The number of methoxy groups -OCH3 is 1. The molecule has 6 nitrogen and oxygen atoms in total. The highest BCUT2D eigenvalue weighted by Gasteiger charge is 2.51. The fourth-order valence-electron chi connectivity index (χ4n) is 4.52. The van der Waals surface area contributed by atoms with Crippen molar-refractivity contribution in [3.63, 3.8) is 0 Å². The molecule has 2 N–H and O–H groups in total. The van der Waals surface area contributed by atoms with E-state index in [2.05, 4.69) is 15.5 Å². The lowest BCUT2D eigenvalue weighted by atomic mass is 9.84. The summed E-state index contributed by atoms with van der Waals surface area (Å²) < 4.78 is 4.96. The number of carbonyl (C=O) groups is 2. The van der Waals surface area contributed by atoms with Crippen LogP contribution in [0, 0.1) is 17.8 Å². The van der Waals surface area contributed by atoms with E-state index in [0.717, 1.165) is 35.9 Å². The average molecular weight is 327 g/mol. The summed E-state index contributed by atoms with van der Waals surface area (Å²) in [7, 11) is 1.42. The Kier molecular flexibility index (Phi) is 3.75. The number of hydrogen-bond donors (Lipinski definition) is 2. The second kappa shape index (κ2) is 5.92. The zero-order valence-electron chi connectivity index (χ0n) is 13.6. The van der Waals surface area contributed by atoms with Crippen molar-refractivity contribution in [2.24, 2.45) is 17.8 Å². The number of amides is 1. The summed E-state index contributed by atoms with van der Waals surface area (Å²) >= 11 is 0. The van der Waals surface area contributed by atoms with Crippen LogP contribution in [0.25, 0.3) is 10.9 Å². The Labute approximate surface area is 139 Å². The number of esters is 1. The second-order valence-electron chi connectivity index (χ2n) is 6.87. The maximum absolute atomic E-state index is 12.5. The first-order valence-corrected chi connectivity index (χ1v) is 8.46. The molecule has 4 atom stereocenters. The van der Waals surface area contributed by atoms with Gasteiger partial charge in [-0.25, -0.2) is 0 Å². The minimum Gasteiger partial charge on any atom is -0.469 e. The Balaban J connectivity index is 1.48. The second-order valence-corrected chi connectivity index (χ2v) is 6.87. The summed E-state index contributed by atoms with van der Waals surface area (Å²) in [5.41, 5.74) is 1.66. The van der Waals surface area contributed by atoms with Crippen molar-refractivity contribution in [3.8, 4) is 0 Å². The van der Waals surface area contributed by atoms with E-state index in [1.807, 2.05) is 24.3 Å². The van der Waals surface area contributed by atoms with Gasteiger partial charge in [-0.3, -0.25) is 14.7 Å². The molecule has 1 heterocycles. The lowest BCUT2D eigenvalue weighted by molar-refractivity contribution is -0.148. The van der Waals surface area contributed by atoms with Crippen molar-refractivity contribution in [1.82, 2.24) is 15.5 Å². The van der Waals surface area contributed by atoms with Crippen molar-refractivity contribution in [3.05, 3.63) is 30.0 Å². The molecule has 0 saturated heterocycles. The molecule has 0 radical (unpaired) electrons. The predicted octanol–water partition coefficient (Wildman–Crippen LogP) is 1.81. The van der Waals surface area contributed by atoms with Gasteiger partial charge in [-0.05, 0) is 37.2 Å². The van der Waals surface area contributed by atoms with Crippen LogP contribution in [0.3, 0.4) is 0 Å². The third kappa shape index (κ3) is 2.46. The van der Waals surface area contributed by atoms with Crippen LogP contribution in [-0.2, 0) is 20.7 Å². The van der Waals surface area contributed by atoms with E-state index < -0.39 is 0 Å². The Morgan fingerprint density at radius 2 is 2.08 bits per heavy atom. The van der Waals surface area contributed by atoms with Crippen LogP contribution >= 0.6 is 0 Å². The molecule has 4 rings (SSSR count). The molecule has 1 amide bonds. The van der Waals surface area contributed by atoms with E-state index in [9.17, 15) is 9.59 Å². The molecule has 1 aromatic heterocycles. The summed E-state index contributed by atoms with van der Waals surface area (Å²) in [4.78, 5) is 24.6. The molecular weight excluding hydrogens is 306 g/mol. The van der Waals surface area contributed by atoms with Gasteiger partial charge in [0.2, 0.25) is 5.91 Å². The van der Waals surface area contributed by atoms with Crippen molar-refractivity contribution in [1.29, 1.82) is 0 Å². The number of carbonyl (C=O) groups excluding carboxylic acids is 2. The van der Waals surface area contributed by atoms with E-state index in [-0.39, 0.29) is 30.3 Å². The molecule has 2 aliphatic rings. The number of benzene rings is 1. The SMILES string of the molecule is COC(=O)[C@H]1[C@H]2CC[C@@H](C2)[C@@H]1NC(=O)Cc1[nH]nc2ccccc12. The predicted molar refractivity (Wildman–Crippen MR) is 88.1 cm³/mol. The van der Waals surface area contributed by atoms with E-state index in [4.69, 9.17) is 4.74 Å². The third-order valence-electron chi connectivity index (χ3n) is 5.60. The zero-order chi connectivity index (χ0) is 16.7. The van der Waals surface area contributed by atoms with Gasteiger partial charge >= 0.3 is 5.97 Å². The Morgan fingerprint density at radius 1 is 1.29 bits per heavy atom. The van der Waals surface area contributed by atoms with Crippen LogP contribution in [0.4, 0.5) is 0 Å². The molecule has 0 spiro atoms. The number of nitrogens with zero attached hydrogens (tertiary/aromatic N) is 1. The van der Waals surface area contributed by atoms with E-state index >= 15 is 0 Å². The number of aromatic amines is 1. The topological polar surface area (TPSA) is 84.1 Å². The molecule has 2 aromatic rings. The molecule has 1 aromatic carbocycles. The number of aromatic nitrogens is 2. The molecular formula is C18H21N3O3. The number of ether oxygens (including phenoxy) is 1. The van der Waals surface area contributed by atoms with Gasteiger partial charge in [-0.15, -0.1) is 0 Å². The summed E-state index contributed by atoms with van der Waals surface area (Å²) in [5.74, 6) is 0.272. The van der Waals surface area contributed by atoms with Crippen LogP contribution in [0.2, 0.25) is 0 Å². The fourth-order valence-corrected chi connectivity index (χ4v) is 4.52. The van der Waals surface area contributed by atoms with E-state index in [0.29, 0.717) is 11.8 Å². The van der Waals surface area contributed by atoms with Crippen LogP contribution in [0.15, 0.2) is 24.3 Å². The molecule has 6 heteroatoms. The lowest BCUT2D eigenvalue weighted by Crippen LogP contribution is -2.47. The molecule has 126 valence electrons. The van der Waals surface area contributed by atoms with E-state index in [1.165, 1.54) is 7.11 Å². The van der Waals surface area contributed by atoms with Crippen LogP contribution in [0.5, 0.6) is 0 Å². The van der Waals surface area contributed by atoms with Crippen LogP contribution in [0.1, 0.15) is 25.0 Å². The first-order valence-electron chi connectivity index (χ1n) is 8.46. The van der Waals surface area contributed by atoms with Gasteiger partial charge in [-0.1, -0.05) is 18.2 Å². The summed E-state index contributed by atoms with van der Waals surface area (Å²) in [6.07, 6.45) is 3.39. The number of rotatable bonds is 4. The van der Waals surface area contributed by atoms with Crippen molar-refractivity contribution < 1.29 is 14.3 Å². The van der Waals surface area contributed by atoms with Crippen molar-refractivity contribution >= 4 is 22.8 Å². The van der Waals surface area contributed by atoms with Gasteiger partial charge in [-0.2, -0.15) is 5.10 Å². The standard InChI is InChI=1S/C18H21N3O3/c1-24-18(23)16-10-6-7-11(8-10)17(16)19-15(22)9-14-12-4-2-3-5-13(12)20-21-14/h2-5,10-11,16-17H,6-9H2,1H3,(H,19,22)(H,20,21)/t10-,11-,16-,17-/m0/s1. The van der Waals surface area contributed by atoms with Gasteiger partial charge in [0, 0.05) is 11.4 Å². The largest absolute Gasteiger partial charge is 0.469 e. The highest BCUT2D eigenvalue weighted by Crippen LogP contribution is 2.48. The van der Waals surface area contributed by atoms with Crippen LogP contribution in [-0.4, -0.2) is 35.2 Å². The minimum atomic E-state index is -0.198. The molecule has 2 saturated carbocycles. The maximum atomic E-state index is 12.5. The summed E-state index contributed by atoms with van der Waals surface area (Å²) in [6, 6.07) is 7.62. The first kappa shape index (κ1) is 15.2. The molecule has 2 fully saturated rings. The molecule has 24 heavy (non-hydrogen) atoms. The van der Waals surface area contributed by atoms with Gasteiger partial charge in [0.05, 0.1) is 30.7 Å². The van der Waals surface area contributed by atoms with Crippen molar-refractivity contribution in [2.45, 2.75) is 31.7 Å². The summed E-state index contributed by atoms with van der Waals surface area (Å²) in [6.45, 7) is 0. The highest BCUT2D eigenvalue weighted by atomic mass is 16.5. The third-order valence-corrected chi connectivity index (χ3v) is 5.60. The average Bonchev–Trinajstić information content (AvgIpc) is 3.29. The Hall–Kier alpha value is -2.37. The number of para-hydroxylation sites is 1. The lowest BCUT2D eigenvalue weighted by Gasteiger charge is -2.29. The number of H-pyrrole nitrogens is 1. The molecule has 0 aliphatic heterocycles. The fraction of sp³-hybridized carbons (Fsp3) is 0.500. The highest BCUT2D eigenvalue weighted by molar-refractivity contribution is 5.87. The number of nitrogens with one attached hydrogen (secondary N) is 2. The Morgan fingerprint density at radius 3 is 2.92 bits per heavy atom. The number of fused-ring (bicyclic) bond motifs is 3. The van der Waals surface area contributed by atoms with E-state index in [1.54, 1.807) is 0 Å². The Bertz CT molecular complexity index is 785. The monoisotopic (exact) mass is 327 g/mol. The van der Waals surface area contributed by atoms with Crippen molar-refractivity contribution in [2.75, 3.05) is 7.11 Å². The normalized spacial score (nSPS) is 28.2. The molecule has 2 bridgehead atoms. The maximum Gasteiger partial charge on any atom is 0.311 e. The van der Waals surface area contributed by atoms with Gasteiger partial charge < -0.3 is 10.1 Å². The quantitative estimate of drug-likeness (QED) is 0.839. The minimum absolute atomic E-state index is 0.0733. The van der Waals surface area contributed by atoms with Gasteiger partial charge in [0.1, 0.15) is 0 Å². The first-order chi connectivity index (χ1) is 11.7. The number of hydrogen-bond acceptors (Lipinski definition) is 4. The smallest absolute Gasteiger partial charge is 0.311 e. The van der Waals surface area contributed by atoms with Gasteiger partial charge in [0.25, 0.3) is 0 Å². The van der Waals surface area contributed by atoms with Gasteiger partial charge in [0.15, 0.2) is 0 Å².